The molecule has 0 atom stereocenters. The second-order valence-corrected chi connectivity index (χ2v) is 6.23. The predicted molar refractivity (Wildman–Crippen MR) is 76.7 cm³/mol. The maximum atomic E-state index is 12.7. The second-order valence-electron chi connectivity index (χ2n) is 4.43. The number of hydrogen-bond acceptors (Lipinski definition) is 4. The number of aromatic nitrogens is 4. The molecule has 1 aromatic carbocycles. The van der Waals surface area contributed by atoms with E-state index in [1.165, 1.54) is 28.3 Å². The molecule has 0 aliphatic carbocycles. The van der Waals surface area contributed by atoms with Crippen LogP contribution in [-0.2, 0) is 12.7 Å². The van der Waals surface area contributed by atoms with Crippen LogP contribution in [0.15, 0.2) is 36.4 Å². The lowest BCUT2D eigenvalue weighted by Crippen LogP contribution is -2.04. The molecule has 0 fully saturated rings. The van der Waals surface area contributed by atoms with Crippen LogP contribution in [0.5, 0.6) is 0 Å². The van der Waals surface area contributed by atoms with E-state index in [9.17, 15) is 13.2 Å². The Labute approximate surface area is 132 Å². The summed E-state index contributed by atoms with van der Waals surface area (Å²) in [6.07, 6.45) is -4.40. The molecule has 0 spiro atoms. The average molecular weight is 345 g/mol. The molecular formula is C13H8ClF3N4S. The highest BCUT2D eigenvalue weighted by molar-refractivity contribution is 7.16. The third-order valence-electron chi connectivity index (χ3n) is 2.83. The van der Waals surface area contributed by atoms with Crippen LogP contribution in [0.1, 0.15) is 10.4 Å². The van der Waals surface area contributed by atoms with E-state index in [-0.39, 0.29) is 11.4 Å². The summed E-state index contributed by atoms with van der Waals surface area (Å²) >= 11 is 7.22. The molecule has 0 amide bonds. The van der Waals surface area contributed by atoms with E-state index in [4.69, 9.17) is 11.6 Å². The lowest BCUT2D eigenvalue weighted by Gasteiger charge is -2.06. The van der Waals surface area contributed by atoms with E-state index < -0.39 is 11.7 Å². The summed E-state index contributed by atoms with van der Waals surface area (Å²) in [5.41, 5.74) is -0.475. The minimum Gasteiger partial charge on any atom is -0.166 e. The van der Waals surface area contributed by atoms with Crippen LogP contribution in [0.3, 0.4) is 0 Å². The van der Waals surface area contributed by atoms with E-state index in [0.29, 0.717) is 10.9 Å². The number of halogens is 4. The molecule has 2 heterocycles. The summed E-state index contributed by atoms with van der Waals surface area (Å²) in [5, 5.41) is 11.7. The summed E-state index contributed by atoms with van der Waals surface area (Å²) in [6.45, 7) is 0.364. The fourth-order valence-electron chi connectivity index (χ4n) is 1.84. The summed E-state index contributed by atoms with van der Waals surface area (Å²) in [4.78, 5) is 2.25. The smallest absolute Gasteiger partial charge is 0.166 e. The zero-order chi connectivity index (χ0) is 15.7. The van der Waals surface area contributed by atoms with Gasteiger partial charge in [-0.1, -0.05) is 23.7 Å². The molecule has 3 rings (SSSR count). The predicted octanol–water partition coefficient (Wildman–Crippen LogP) is 4.12. The van der Waals surface area contributed by atoms with Crippen LogP contribution in [0.2, 0.25) is 4.34 Å². The van der Waals surface area contributed by atoms with Crippen molar-refractivity contribution >= 4 is 22.9 Å². The molecule has 0 radical (unpaired) electrons. The van der Waals surface area contributed by atoms with Crippen molar-refractivity contribution in [1.29, 1.82) is 0 Å². The summed E-state index contributed by atoms with van der Waals surface area (Å²) in [7, 11) is 0. The van der Waals surface area contributed by atoms with E-state index in [1.54, 1.807) is 6.07 Å². The lowest BCUT2D eigenvalue weighted by molar-refractivity contribution is -0.137. The first-order chi connectivity index (χ1) is 10.4. The largest absolute Gasteiger partial charge is 0.416 e. The quantitative estimate of drug-likeness (QED) is 0.717. The minimum absolute atomic E-state index is 0.147. The van der Waals surface area contributed by atoms with Gasteiger partial charge in [0.15, 0.2) is 0 Å². The zero-order valence-corrected chi connectivity index (χ0v) is 12.5. The molecule has 114 valence electrons. The fraction of sp³-hybridized carbons (Fsp3) is 0.154. The number of alkyl halides is 3. The highest BCUT2D eigenvalue weighted by Gasteiger charge is 2.30. The van der Waals surface area contributed by atoms with Gasteiger partial charge in [0.25, 0.3) is 0 Å². The second kappa shape index (κ2) is 5.69. The van der Waals surface area contributed by atoms with Crippen LogP contribution >= 0.6 is 22.9 Å². The van der Waals surface area contributed by atoms with E-state index in [1.807, 2.05) is 6.07 Å². The van der Waals surface area contributed by atoms with Gasteiger partial charge in [-0.2, -0.15) is 18.0 Å². The van der Waals surface area contributed by atoms with Crippen molar-refractivity contribution in [3.05, 3.63) is 51.2 Å². The van der Waals surface area contributed by atoms with Gasteiger partial charge in [0.2, 0.25) is 5.82 Å². The van der Waals surface area contributed by atoms with Crippen molar-refractivity contribution in [2.45, 2.75) is 12.7 Å². The third kappa shape index (κ3) is 3.28. The van der Waals surface area contributed by atoms with Crippen LogP contribution < -0.4 is 0 Å². The highest BCUT2D eigenvalue weighted by Crippen LogP contribution is 2.31. The van der Waals surface area contributed by atoms with Crippen LogP contribution in [0.4, 0.5) is 13.2 Å². The number of tetrazole rings is 1. The van der Waals surface area contributed by atoms with Gasteiger partial charge < -0.3 is 0 Å². The monoisotopic (exact) mass is 344 g/mol. The Morgan fingerprint density at radius 3 is 2.68 bits per heavy atom. The molecule has 2 aromatic heterocycles. The van der Waals surface area contributed by atoms with Gasteiger partial charge in [0.05, 0.1) is 16.4 Å². The third-order valence-corrected chi connectivity index (χ3v) is 4.04. The molecule has 0 aliphatic heterocycles. The lowest BCUT2D eigenvalue weighted by atomic mass is 10.1. The Hall–Kier alpha value is -1.93. The van der Waals surface area contributed by atoms with E-state index in [0.717, 1.165) is 17.0 Å². The van der Waals surface area contributed by atoms with Crippen molar-refractivity contribution in [2.75, 3.05) is 0 Å². The summed E-state index contributed by atoms with van der Waals surface area (Å²) in [6, 6.07) is 8.42. The Bertz CT molecular complexity index is 796. The maximum Gasteiger partial charge on any atom is 0.416 e. The Kier molecular flexibility index (Phi) is 3.88. The van der Waals surface area contributed by atoms with E-state index >= 15 is 0 Å². The van der Waals surface area contributed by atoms with Crippen LogP contribution in [0.25, 0.3) is 11.4 Å². The molecule has 22 heavy (non-hydrogen) atoms. The molecule has 4 nitrogen and oxygen atoms in total. The zero-order valence-electron chi connectivity index (χ0n) is 10.9. The van der Waals surface area contributed by atoms with Crippen molar-refractivity contribution in [1.82, 2.24) is 20.2 Å². The maximum absolute atomic E-state index is 12.7. The molecule has 0 saturated carbocycles. The number of thiophene rings is 1. The molecule has 9 heteroatoms. The Morgan fingerprint density at radius 2 is 2.00 bits per heavy atom. The van der Waals surface area contributed by atoms with Gasteiger partial charge in [-0.15, -0.1) is 21.5 Å². The van der Waals surface area contributed by atoms with Gasteiger partial charge in [-0.3, -0.25) is 0 Å². The van der Waals surface area contributed by atoms with Gasteiger partial charge in [0.1, 0.15) is 0 Å². The molecule has 0 N–H and O–H groups in total. The van der Waals surface area contributed by atoms with Crippen LogP contribution in [0, 0.1) is 0 Å². The molecule has 0 saturated heterocycles. The van der Waals surface area contributed by atoms with Crippen molar-refractivity contribution in [3.63, 3.8) is 0 Å². The Morgan fingerprint density at radius 1 is 1.18 bits per heavy atom. The summed E-state index contributed by atoms with van der Waals surface area (Å²) < 4.78 is 38.8. The number of hydrogen-bond donors (Lipinski definition) is 0. The molecule has 0 aliphatic rings. The first-order valence-electron chi connectivity index (χ1n) is 6.11. The Balaban J connectivity index is 1.84. The van der Waals surface area contributed by atoms with Gasteiger partial charge >= 0.3 is 6.18 Å². The van der Waals surface area contributed by atoms with Gasteiger partial charge in [-0.05, 0) is 29.5 Å². The van der Waals surface area contributed by atoms with Gasteiger partial charge in [-0.25, -0.2) is 0 Å². The first-order valence-corrected chi connectivity index (χ1v) is 7.31. The molecule has 0 unspecified atom stereocenters. The normalized spacial score (nSPS) is 11.8. The number of benzene rings is 1. The molecular weight excluding hydrogens is 337 g/mol. The molecule has 3 aromatic rings. The number of nitrogens with zero attached hydrogens (tertiary/aromatic N) is 4. The standard InChI is InChI=1S/C13H8ClF3N4S/c14-11-5-4-10(22-11)7-21-19-12(18-20-21)8-2-1-3-9(6-8)13(15,16)17/h1-6H,7H2. The molecule has 0 bridgehead atoms. The topological polar surface area (TPSA) is 43.6 Å². The first kappa shape index (κ1) is 15.0. The average Bonchev–Trinajstić information content (AvgIpc) is 3.08. The van der Waals surface area contributed by atoms with Crippen molar-refractivity contribution in [2.24, 2.45) is 0 Å². The van der Waals surface area contributed by atoms with Crippen molar-refractivity contribution in [3.8, 4) is 11.4 Å². The van der Waals surface area contributed by atoms with Gasteiger partial charge in [0, 0.05) is 10.4 Å². The van der Waals surface area contributed by atoms with Crippen LogP contribution in [-0.4, -0.2) is 20.2 Å². The highest BCUT2D eigenvalue weighted by atomic mass is 35.5. The number of rotatable bonds is 3. The summed E-state index contributed by atoms with van der Waals surface area (Å²) in [5.74, 6) is 0.147. The van der Waals surface area contributed by atoms with E-state index in [2.05, 4.69) is 15.4 Å². The van der Waals surface area contributed by atoms with Crippen molar-refractivity contribution < 1.29 is 13.2 Å². The SMILES string of the molecule is FC(F)(F)c1cccc(-c2nnn(Cc3ccc(Cl)s3)n2)c1. The minimum atomic E-state index is -4.40. The fourth-order valence-corrected chi connectivity index (χ4v) is 2.90.